The summed E-state index contributed by atoms with van der Waals surface area (Å²) in [5.41, 5.74) is 0. The Bertz CT molecular complexity index is 457. The number of nitrogens with one attached hydrogen (secondary N) is 1. The molecule has 16 heavy (non-hydrogen) atoms. The maximum absolute atomic E-state index is 5.44. The molecular weight excluding hydrogens is 204 g/mol. The Labute approximate surface area is 94.6 Å². The van der Waals surface area contributed by atoms with Crippen molar-refractivity contribution in [2.24, 2.45) is 0 Å². The smallest absolute Gasteiger partial charge is 0.170 e. The van der Waals surface area contributed by atoms with Crippen LogP contribution in [-0.4, -0.2) is 5.16 Å². The van der Waals surface area contributed by atoms with Gasteiger partial charge in [0.2, 0.25) is 0 Å². The van der Waals surface area contributed by atoms with Crippen LogP contribution in [0.3, 0.4) is 0 Å². The molecule has 2 aromatic heterocycles. The fourth-order valence-electron chi connectivity index (χ4n) is 1.40. The lowest BCUT2D eigenvalue weighted by Crippen LogP contribution is -1.97. The number of furan rings is 1. The average molecular weight is 220 g/mol. The Morgan fingerprint density at radius 1 is 1.38 bits per heavy atom. The number of rotatable bonds is 4. The van der Waals surface area contributed by atoms with Crippen LogP contribution in [0, 0.1) is 6.92 Å². The van der Waals surface area contributed by atoms with Gasteiger partial charge in [0.05, 0.1) is 6.54 Å². The molecule has 0 fully saturated rings. The third kappa shape index (κ3) is 2.45. The minimum Gasteiger partial charge on any atom is -0.465 e. The molecule has 0 aliphatic rings. The number of nitrogens with zero attached hydrogens (tertiary/aromatic N) is 1. The quantitative estimate of drug-likeness (QED) is 0.858. The molecule has 2 heterocycles. The normalized spacial score (nSPS) is 11.0. The molecule has 4 heteroatoms. The molecule has 2 aromatic rings. The van der Waals surface area contributed by atoms with E-state index in [1.165, 1.54) is 0 Å². The van der Waals surface area contributed by atoms with Crippen molar-refractivity contribution in [2.75, 3.05) is 5.32 Å². The standard InChI is InChI=1S/C12H16N2O2/c1-8(2)11-6-12(14-16-11)13-7-10-5-4-9(3)15-10/h4-6,8H,7H2,1-3H3,(H,13,14). The molecular formula is C12H16N2O2. The van der Waals surface area contributed by atoms with Crippen LogP contribution in [0.1, 0.15) is 37.0 Å². The zero-order chi connectivity index (χ0) is 11.5. The maximum Gasteiger partial charge on any atom is 0.170 e. The van der Waals surface area contributed by atoms with Crippen molar-refractivity contribution in [2.45, 2.75) is 33.2 Å². The van der Waals surface area contributed by atoms with E-state index in [4.69, 9.17) is 8.94 Å². The van der Waals surface area contributed by atoms with Gasteiger partial charge < -0.3 is 14.3 Å². The van der Waals surface area contributed by atoms with E-state index in [-0.39, 0.29) is 0 Å². The molecule has 2 rings (SSSR count). The van der Waals surface area contributed by atoms with Gasteiger partial charge in [-0.05, 0) is 19.1 Å². The van der Waals surface area contributed by atoms with Gasteiger partial charge in [0, 0.05) is 12.0 Å². The van der Waals surface area contributed by atoms with E-state index in [9.17, 15) is 0 Å². The van der Waals surface area contributed by atoms with Crippen LogP contribution >= 0.6 is 0 Å². The van der Waals surface area contributed by atoms with Crippen LogP contribution in [0.15, 0.2) is 27.1 Å². The summed E-state index contributed by atoms with van der Waals surface area (Å²) < 4.78 is 10.6. The Hall–Kier alpha value is -1.71. The van der Waals surface area contributed by atoms with Crippen LogP contribution in [0.4, 0.5) is 5.82 Å². The molecule has 0 saturated carbocycles. The van der Waals surface area contributed by atoms with Gasteiger partial charge in [-0.1, -0.05) is 19.0 Å². The molecule has 1 N–H and O–H groups in total. The maximum atomic E-state index is 5.44. The van der Waals surface area contributed by atoms with Gasteiger partial charge in [0.15, 0.2) is 5.82 Å². The molecule has 0 atom stereocenters. The summed E-state index contributed by atoms with van der Waals surface area (Å²) in [6.45, 7) is 6.69. The molecule has 0 aliphatic heterocycles. The molecule has 0 saturated heterocycles. The minimum atomic E-state index is 0.355. The van der Waals surface area contributed by atoms with Crippen LogP contribution < -0.4 is 5.32 Å². The highest BCUT2D eigenvalue weighted by atomic mass is 16.5. The fourth-order valence-corrected chi connectivity index (χ4v) is 1.40. The third-order valence-electron chi connectivity index (χ3n) is 2.34. The van der Waals surface area contributed by atoms with Gasteiger partial charge >= 0.3 is 0 Å². The van der Waals surface area contributed by atoms with E-state index >= 15 is 0 Å². The van der Waals surface area contributed by atoms with Gasteiger partial charge in [-0.3, -0.25) is 0 Å². The summed E-state index contributed by atoms with van der Waals surface area (Å²) >= 11 is 0. The predicted molar refractivity (Wildman–Crippen MR) is 61.4 cm³/mol. The van der Waals surface area contributed by atoms with Crippen LogP contribution in [-0.2, 0) is 6.54 Å². The molecule has 86 valence electrons. The number of anilines is 1. The van der Waals surface area contributed by atoms with E-state index in [1.54, 1.807) is 0 Å². The third-order valence-corrected chi connectivity index (χ3v) is 2.34. The first kappa shape index (κ1) is 10.8. The second kappa shape index (κ2) is 4.43. The summed E-state index contributed by atoms with van der Waals surface area (Å²) in [6, 6.07) is 5.81. The second-order valence-corrected chi connectivity index (χ2v) is 4.14. The van der Waals surface area contributed by atoms with Crippen molar-refractivity contribution in [1.82, 2.24) is 5.16 Å². The second-order valence-electron chi connectivity index (χ2n) is 4.14. The molecule has 0 aromatic carbocycles. The number of hydrogen-bond acceptors (Lipinski definition) is 4. The van der Waals surface area contributed by atoms with Crippen molar-refractivity contribution in [3.63, 3.8) is 0 Å². The molecule has 0 bridgehead atoms. The van der Waals surface area contributed by atoms with Crippen molar-refractivity contribution in [3.8, 4) is 0 Å². The zero-order valence-corrected chi connectivity index (χ0v) is 9.78. The highest BCUT2D eigenvalue weighted by Crippen LogP contribution is 2.18. The van der Waals surface area contributed by atoms with E-state index in [1.807, 2.05) is 25.1 Å². The monoisotopic (exact) mass is 220 g/mol. The molecule has 0 spiro atoms. The molecule has 0 amide bonds. The zero-order valence-electron chi connectivity index (χ0n) is 9.78. The SMILES string of the molecule is Cc1ccc(CNc2cc(C(C)C)on2)o1. The Morgan fingerprint density at radius 2 is 2.19 bits per heavy atom. The van der Waals surface area contributed by atoms with Crippen molar-refractivity contribution < 1.29 is 8.94 Å². The highest BCUT2D eigenvalue weighted by Gasteiger charge is 2.07. The summed E-state index contributed by atoms with van der Waals surface area (Å²) in [6.07, 6.45) is 0. The minimum absolute atomic E-state index is 0.355. The summed E-state index contributed by atoms with van der Waals surface area (Å²) in [5, 5.41) is 7.08. The lowest BCUT2D eigenvalue weighted by Gasteiger charge is -1.97. The Kier molecular flexibility index (Phi) is 2.99. The van der Waals surface area contributed by atoms with Gasteiger partial charge in [0.1, 0.15) is 17.3 Å². The lowest BCUT2D eigenvalue weighted by atomic mass is 10.2. The fraction of sp³-hybridized carbons (Fsp3) is 0.417. The predicted octanol–water partition coefficient (Wildman–Crippen LogP) is 3.31. The molecule has 0 unspecified atom stereocenters. The van der Waals surface area contributed by atoms with Crippen molar-refractivity contribution in [3.05, 3.63) is 35.5 Å². The first-order chi connectivity index (χ1) is 7.65. The Morgan fingerprint density at radius 3 is 2.75 bits per heavy atom. The largest absolute Gasteiger partial charge is 0.465 e. The van der Waals surface area contributed by atoms with Crippen LogP contribution in [0.2, 0.25) is 0 Å². The Balaban J connectivity index is 1.94. The van der Waals surface area contributed by atoms with Crippen molar-refractivity contribution >= 4 is 5.82 Å². The lowest BCUT2D eigenvalue weighted by molar-refractivity contribution is 0.373. The molecule has 0 radical (unpaired) electrons. The van der Waals surface area contributed by atoms with Gasteiger partial charge in [-0.2, -0.15) is 0 Å². The molecule has 4 nitrogen and oxygen atoms in total. The average Bonchev–Trinajstić information content (AvgIpc) is 2.83. The van der Waals surface area contributed by atoms with E-state index < -0.39 is 0 Å². The first-order valence-corrected chi connectivity index (χ1v) is 5.41. The summed E-state index contributed by atoms with van der Waals surface area (Å²) in [5.74, 6) is 3.80. The van der Waals surface area contributed by atoms with Crippen LogP contribution in [0.25, 0.3) is 0 Å². The van der Waals surface area contributed by atoms with E-state index in [0.717, 1.165) is 23.1 Å². The topological polar surface area (TPSA) is 51.2 Å². The van der Waals surface area contributed by atoms with Gasteiger partial charge in [-0.25, -0.2) is 0 Å². The first-order valence-electron chi connectivity index (χ1n) is 5.41. The van der Waals surface area contributed by atoms with Crippen LogP contribution in [0.5, 0.6) is 0 Å². The molecule has 0 aliphatic carbocycles. The number of hydrogen-bond donors (Lipinski definition) is 1. The summed E-state index contributed by atoms with van der Waals surface area (Å²) in [4.78, 5) is 0. The van der Waals surface area contributed by atoms with Gasteiger partial charge in [0.25, 0.3) is 0 Å². The van der Waals surface area contributed by atoms with Crippen molar-refractivity contribution in [1.29, 1.82) is 0 Å². The van der Waals surface area contributed by atoms with E-state index in [2.05, 4.69) is 24.3 Å². The number of aromatic nitrogens is 1. The highest BCUT2D eigenvalue weighted by molar-refractivity contribution is 5.35. The van der Waals surface area contributed by atoms with Gasteiger partial charge in [-0.15, -0.1) is 0 Å². The number of aryl methyl sites for hydroxylation is 1. The summed E-state index contributed by atoms with van der Waals surface area (Å²) in [7, 11) is 0. The van der Waals surface area contributed by atoms with E-state index in [0.29, 0.717) is 12.5 Å².